The number of nitrogens with one attached hydrogen (secondary N) is 1. The number of ether oxygens (including phenoxy) is 2. The molecular weight excluding hydrogens is 452 g/mol. The van der Waals surface area contributed by atoms with Gasteiger partial charge in [0.05, 0.1) is 31.3 Å². The highest BCUT2D eigenvalue weighted by atomic mass is 32.2. The molecule has 182 valence electrons. The molecule has 0 radical (unpaired) electrons. The van der Waals surface area contributed by atoms with E-state index < -0.39 is 0 Å². The lowest BCUT2D eigenvalue weighted by Gasteiger charge is -2.28. The molecule has 4 rings (SSSR count). The second-order valence-corrected chi connectivity index (χ2v) is 8.74. The summed E-state index contributed by atoms with van der Waals surface area (Å²) in [5.74, 6) is 2.00. The van der Waals surface area contributed by atoms with Gasteiger partial charge in [0.2, 0.25) is 0 Å². The first-order valence-corrected chi connectivity index (χ1v) is 13.1. The molecule has 34 heavy (non-hydrogen) atoms. The molecule has 1 N–H and O–H groups in total. The van der Waals surface area contributed by atoms with Gasteiger partial charge in [-0.25, -0.2) is 14.6 Å². The van der Waals surface area contributed by atoms with Crippen molar-refractivity contribution in [3.8, 4) is 11.5 Å². The summed E-state index contributed by atoms with van der Waals surface area (Å²) in [6, 6.07) is 5.23. The van der Waals surface area contributed by atoms with Crippen LogP contribution >= 0.6 is 11.8 Å². The monoisotopic (exact) mass is 484 g/mol. The Morgan fingerprint density at radius 2 is 1.85 bits per heavy atom. The number of anilines is 1. The first-order valence-electron chi connectivity index (χ1n) is 11.8. The van der Waals surface area contributed by atoms with Crippen molar-refractivity contribution in [2.75, 3.05) is 44.0 Å². The van der Waals surface area contributed by atoms with Gasteiger partial charge < -0.3 is 19.7 Å². The van der Waals surface area contributed by atoms with E-state index in [0.717, 1.165) is 35.1 Å². The van der Waals surface area contributed by atoms with Crippen molar-refractivity contribution in [1.82, 2.24) is 25.1 Å². The van der Waals surface area contributed by atoms with E-state index in [4.69, 9.17) is 19.4 Å². The topological polar surface area (TPSA) is 94.4 Å². The Labute approximate surface area is 204 Å². The fourth-order valence-corrected chi connectivity index (χ4v) is 4.45. The Kier molecular flexibility index (Phi) is 8.10. The number of nitrogens with zero attached hydrogens (tertiary/aromatic N) is 5. The van der Waals surface area contributed by atoms with Crippen LogP contribution in [-0.2, 0) is 6.54 Å². The molecule has 0 unspecified atom stereocenters. The van der Waals surface area contributed by atoms with Crippen LogP contribution in [0.25, 0.3) is 11.0 Å². The van der Waals surface area contributed by atoms with Gasteiger partial charge in [-0.3, -0.25) is 4.79 Å². The molecular formula is C24H32N6O3S. The normalized spacial score (nSPS) is 13.8. The first-order chi connectivity index (χ1) is 16.6. The molecule has 3 heterocycles. The fraction of sp³-hybridized carbons (Fsp3) is 0.500. The van der Waals surface area contributed by atoms with Crippen LogP contribution in [0, 0.1) is 0 Å². The highest BCUT2D eigenvalue weighted by molar-refractivity contribution is 7.98. The lowest BCUT2D eigenvalue weighted by molar-refractivity contribution is 0.0951. The van der Waals surface area contributed by atoms with Gasteiger partial charge in [0, 0.05) is 25.2 Å². The van der Waals surface area contributed by atoms with Crippen LogP contribution in [0.15, 0.2) is 29.6 Å². The van der Waals surface area contributed by atoms with E-state index in [1.807, 2.05) is 31.0 Å². The summed E-state index contributed by atoms with van der Waals surface area (Å²) in [7, 11) is 0. The molecule has 0 aliphatic carbocycles. The Morgan fingerprint density at radius 3 is 2.59 bits per heavy atom. The van der Waals surface area contributed by atoms with Crippen LogP contribution in [0.2, 0.25) is 0 Å². The number of hydrogen-bond donors (Lipinski definition) is 1. The third kappa shape index (κ3) is 5.38. The van der Waals surface area contributed by atoms with Gasteiger partial charge in [0.25, 0.3) is 5.91 Å². The number of aromatic nitrogens is 4. The molecule has 0 bridgehead atoms. The fourth-order valence-electron chi connectivity index (χ4n) is 4.09. The van der Waals surface area contributed by atoms with E-state index in [-0.39, 0.29) is 5.91 Å². The lowest BCUT2D eigenvalue weighted by Crippen LogP contribution is -2.30. The summed E-state index contributed by atoms with van der Waals surface area (Å²) >= 11 is 1.53. The third-order valence-corrected chi connectivity index (χ3v) is 6.26. The minimum atomic E-state index is -0.172. The van der Waals surface area contributed by atoms with Crippen molar-refractivity contribution >= 4 is 34.5 Å². The maximum atomic E-state index is 12.8. The van der Waals surface area contributed by atoms with Gasteiger partial charge in [-0.05, 0) is 57.6 Å². The number of rotatable bonds is 10. The predicted octanol–water partition coefficient (Wildman–Crippen LogP) is 3.77. The number of benzene rings is 1. The average Bonchev–Trinajstić information content (AvgIpc) is 3.28. The standard InChI is InChI=1S/C24H32N6O3S/c1-4-32-19-10-9-17(15-20(19)33-5-2)23(31)25-11-14-30-22-18(16-26-30)21(27-24(28-22)34-3)29-12-7-6-8-13-29/h9-10,15-16H,4-8,11-14H2,1-3H3,(H,25,31). The van der Waals surface area contributed by atoms with Crippen molar-refractivity contribution in [1.29, 1.82) is 0 Å². The maximum Gasteiger partial charge on any atom is 0.251 e. The summed E-state index contributed by atoms with van der Waals surface area (Å²) in [4.78, 5) is 24.6. The van der Waals surface area contributed by atoms with Gasteiger partial charge >= 0.3 is 0 Å². The van der Waals surface area contributed by atoms with E-state index in [0.29, 0.717) is 43.4 Å². The molecule has 0 atom stereocenters. The highest BCUT2D eigenvalue weighted by Crippen LogP contribution is 2.29. The Balaban J connectivity index is 1.46. The van der Waals surface area contributed by atoms with Crippen LogP contribution < -0.4 is 19.7 Å². The van der Waals surface area contributed by atoms with Crippen LogP contribution in [-0.4, -0.2) is 64.8 Å². The quantitative estimate of drug-likeness (QED) is 0.343. The van der Waals surface area contributed by atoms with Crippen molar-refractivity contribution < 1.29 is 14.3 Å². The summed E-state index contributed by atoms with van der Waals surface area (Å²) in [5.41, 5.74) is 1.32. The SMILES string of the molecule is CCOc1ccc(C(=O)NCCn2ncc3c(N4CCCCC4)nc(SC)nc32)cc1OCC. The van der Waals surface area contributed by atoms with E-state index >= 15 is 0 Å². The molecule has 1 aliphatic rings. The maximum absolute atomic E-state index is 12.8. The third-order valence-electron chi connectivity index (χ3n) is 5.71. The van der Waals surface area contributed by atoms with Gasteiger partial charge in [-0.1, -0.05) is 11.8 Å². The highest BCUT2D eigenvalue weighted by Gasteiger charge is 2.20. The molecule has 10 heteroatoms. The van der Waals surface area contributed by atoms with Gasteiger partial charge in [-0.2, -0.15) is 5.10 Å². The van der Waals surface area contributed by atoms with Gasteiger partial charge in [-0.15, -0.1) is 0 Å². The number of amides is 1. The Hall–Kier alpha value is -3.01. The second kappa shape index (κ2) is 11.4. The van der Waals surface area contributed by atoms with E-state index in [2.05, 4.69) is 15.3 Å². The van der Waals surface area contributed by atoms with Crippen molar-refractivity contribution in [2.24, 2.45) is 0 Å². The number of fused-ring (bicyclic) bond motifs is 1. The number of carbonyl (C=O) groups excluding carboxylic acids is 1. The largest absolute Gasteiger partial charge is 0.490 e. The van der Waals surface area contributed by atoms with Crippen LogP contribution in [0.4, 0.5) is 5.82 Å². The smallest absolute Gasteiger partial charge is 0.251 e. The Morgan fingerprint density at radius 1 is 1.09 bits per heavy atom. The summed E-state index contributed by atoms with van der Waals surface area (Å²) in [6.07, 6.45) is 7.44. The number of carbonyl (C=O) groups is 1. The summed E-state index contributed by atoms with van der Waals surface area (Å²) < 4.78 is 13.1. The first kappa shape index (κ1) is 24.1. The summed E-state index contributed by atoms with van der Waals surface area (Å²) in [5, 5.41) is 9.22. The molecule has 3 aromatic rings. The van der Waals surface area contributed by atoms with E-state index in [9.17, 15) is 4.79 Å². The van der Waals surface area contributed by atoms with Crippen molar-refractivity contribution in [3.05, 3.63) is 30.0 Å². The van der Waals surface area contributed by atoms with Gasteiger partial charge in [0.15, 0.2) is 22.3 Å². The molecule has 1 saturated heterocycles. The Bertz CT molecular complexity index is 1130. The minimum Gasteiger partial charge on any atom is -0.490 e. The van der Waals surface area contributed by atoms with Crippen LogP contribution in [0.1, 0.15) is 43.5 Å². The minimum absolute atomic E-state index is 0.172. The van der Waals surface area contributed by atoms with E-state index in [1.54, 1.807) is 18.2 Å². The van der Waals surface area contributed by atoms with Crippen LogP contribution in [0.3, 0.4) is 0 Å². The zero-order valence-corrected chi connectivity index (χ0v) is 20.9. The summed E-state index contributed by atoms with van der Waals surface area (Å²) in [6.45, 7) is 7.79. The average molecular weight is 485 g/mol. The molecule has 1 aromatic carbocycles. The molecule has 1 fully saturated rings. The second-order valence-electron chi connectivity index (χ2n) is 7.97. The molecule has 2 aromatic heterocycles. The number of piperidine rings is 1. The molecule has 1 amide bonds. The predicted molar refractivity (Wildman–Crippen MR) is 134 cm³/mol. The van der Waals surface area contributed by atoms with Crippen molar-refractivity contribution in [3.63, 3.8) is 0 Å². The zero-order valence-electron chi connectivity index (χ0n) is 20.0. The molecule has 1 aliphatic heterocycles. The van der Waals surface area contributed by atoms with Crippen LogP contribution in [0.5, 0.6) is 11.5 Å². The van der Waals surface area contributed by atoms with Crippen molar-refractivity contribution in [2.45, 2.75) is 44.8 Å². The number of thioether (sulfide) groups is 1. The lowest BCUT2D eigenvalue weighted by atomic mass is 10.1. The van der Waals surface area contributed by atoms with Gasteiger partial charge in [0.1, 0.15) is 5.82 Å². The molecule has 0 spiro atoms. The molecule has 9 nitrogen and oxygen atoms in total. The number of hydrogen-bond acceptors (Lipinski definition) is 8. The van der Waals surface area contributed by atoms with E-state index in [1.165, 1.54) is 31.0 Å². The molecule has 0 saturated carbocycles. The zero-order chi connectivity index (χ0) is 23.9.